The zero-order chi connectivity index (χ0) is 26.2. The van der Waals surface area contributed by atoms with Gasteiger partial charge in [-0.25, -0.2) is 4.98 Å². The summed E-state index contributed by atoms with van der Waals surface area (Å²) in [4.78, 5) is 17.5. The van der Waals surface area contributed by atoms with Crippen molar-refractivity contribution in [1.29, 1.82) is 5.26 Å². The van der Waals surface area contributed by atoms with E-state index in [9.17, 15) is 10.1 Å². The van der Waals surface area contributed by atoms with Crippen molar-refractivity contribution in [2.24, 2.45) is 0 Å². The van der Waals surface area contributed by atoms with Crippen molar-refractivity contribution in [2.45, 2.75) is 11.4 Å². The normalized spacial score (nSPS) is 10.4. The molecule has 0 aliphatic rings. The van der Waals surface area contributed by atoms with Gasteiger partial charge in [0, 0.05) is 28.3 Å². The van der Waals surface area contributed by atoms with Gasteiger partial charge in [0.05, 0.1) is 31.2 Å². The molecule has 37 heavy (non-hydrogen) atoms. The van der Waals surface area contributed by atoms with Crippen molar-refractivity contribution < 1.29 is 14.3 Å². The minimum atomic E-state index is -0.193. The van der Waals surface area contributed by atoms with Gasteiger partial charge in [-0.05, 0) is 42.0 Å². The van der Waals surface area contributed by atoms with Crippen LogP contribution in [0.2, 0.25) is 5.02 Å². The summed E-state index contributed by atoms with van der Waals surface area (Å²) in [5.74, 6) is 1.49. The van der Waals surface area contributed by atoms with Crippen molar-refractivity contribution >= 4 is 35.0 Å². The molecule has 0 aliphatic carbocycles. The van der Waals surface area contributed by atoms with Gasteiger partial charge in [0.2, 0.25) is 5.91 Å². The second-order valence-corrected chi connectivity index (χ2v) is 9.45. The lowest BCUT2D eigenvalue weighted by atomic mass is 9.99. The van der Waals surface area contributed by atoms with Crippen molar-refractivity contribution in [3.8, 4) is 40.0 Å². The summed E-state index contributed by atoms with van der Waals surface area (Å²) in [6, 6.07) is 26.7. The number of rotatable bonds is 9. The molecule has 4 aromatic rings. The van der Waals surface area contributed by atoms with Gasteiger partial charge in [-0.3, -0.25) is 4.79 Å². The minimum Gasteiger partial charge on any atom is -0.497 e. The van der Waals surface area contributed by atoms with Crippen molar-refractivity contribution in [3.05, 3.63) is 89.4 Å². The molecule has 0 spiro atoms. The summed E-state index contributed by atoms with van der Waals surface area (Å²) in [7, 11) is 3.15. The number of methoxy groups -OCH3 is 2. The number of ether oxygens (including phenoxy) is 2. The molecule has 186 valence electrons. The monoisotopic (exact) mass is 529 g/mol. The van der Waals surface area contributed by atoms with Gasteiger partial charge in [0.25, 0.3) is 0 Å². The fourth-order valence-electron chi connectivity index (χ4n) is 3.72. The fraction of sp³-hybridized carbons (Fsp3) is 0.138. The molecular formula is C29H24ClN3O3S. The summed E-state index contributed by atoms with van der Waals surface area (Å²) in [6.07, 6.45) is 0.209. The highest BCUT2D eigenvalue weighted by Gasteiger charge is 2.17. The second kappa shape index (κ2) is 12.3. The van der Waals surface area contributed by atoms with Crippen LogP contribution in [0.15, 0.2) is 83.9 Å². The van der Waals surface area contributed by atoms with E-state index in [-0.39, 0.29) is 12.3 Å². The minimum absolute atomic E-state index is 0.193. The maximum absolute atomic E-state index is 12.7. The van der Waals surface area contributed by atoms with Crippen molar-refractivity contribution in [1.82, 2.24) is 4.98 Å². The maximum atomic E-state index is 12.7. The van der Waals surface area contributed by atoms with E-state index in [0.29, 0.717) is 32.8 Å². The summed E-state index contributed by atoms with van der Waals surface area (Å²) in [5.41, 5.74) is 4.31. The van der Waals surface area contributed by atoms with Gasteiger partial charge < -0.3 is 14.8 Å². The van der Waals surface area contributed by atoms with Gasteiger partial charge in [0.1, 0.15) is 22.6 Å². The smallest absolute Gasteiger partial charge is 0.225 e. The molecule has 0 atom stereocenters. The van der Waals surface area contributed by atoms with Gasteiger partial charge in [-0.1, -0.05) is 54.1 Å². The number of nitrogens with one attached hydrogen (secondary N) is 1. The Bertz CT molecular complexity index is 1440. The van der Waals surface area contributed by atoms with Crippen LogP contribution in [0.3, 0.4) is 0 Å². The van der Waals surface area contributed by atoms with Gasteiger partial charge >= 0.3 is 0 Å². The lowest BCUT2D eigenvalue weighted by Crippen LogP contribution is -2.13. The Hall–Kier alpha value is -3.99. The highest BCUT2D eigenvalue weighted by atomic mass is 35.5. The topological polar surface area (TPSA) is 84.2 Å². The van der Waals surface area contributed by atoms with E-state index in [4.69, 9.17) is 26.1 Å². The molecule has 4 rings (SSSR count). The van der Waals surface area contributed by atoms with Crippen LogP contribution in [0, 0.1) is 11.3 Å². The molecule has 0 saturated carbocycles. The van der Waals surface area contributed by atoms with E-state index in [1.807, 2.05) is 60.7 Å². The predicted octanol–water partition coefficient (Wildman–Crippen LogP) is 7.08. The van der Waals surface area contributed by atoms with Crippen LogP contribution in [0.1, 0.15) is 12.0 Å². The van der Waals surface area contributed by atoms with Crippen LogP contribution >= 0.6 is 23.4 Å². The van der Waals surface area contributed by atoms with Crippen molar-refractivity contribution in [3.63, 3.8) is 0 Å². The highest BCUT2D eigenvalue weighted by molar-refractivity contribution is 7.99. The van der Waals surface area contributed by atoms with Crippen LogP contribution in [0.5, 0.6) is 11.5 Å². The molecule has 6 nitrogen and oxygen atoms in total. The number of nitriles is 1. The van der Waals surface area contributed by atoms with Crippen LogP contribution in [-0.4, -0.2) is 30.9 Å². The molecule has 0 radical (unpaired) electrons. The predicted molar refractivity (Wildman–Crippen MR) is 148 cm³/mol. The number of hydrogen-bond donors (Lipinski definition) is 1. The van der Waals surface area contributed by atoms with E-state index in [1.54, 1.807) is 25.3 Å². The number of carbonyl (C=O) groups is 1. The highest BCUT2D eigenvalue weighted by Crippen LogP contribution is 2.35. The zero-order valence-electron chi connectivity index (χ0n) is 20.3. The van der Waals surface area contributed by atoms with E-state index in [0.717, 1.165) is 28.1 Å². The largest absolute Gasteiger partial charge is 0.497 e. The molecule has 1 amide bonds. The maximum Gasteiger partial charge on any atom is 0.225 e. The number of halogens is 1. The number of anilines is 1. The lowest BCUT2D eigenvalue weighted by Gasteiger charge is -2.13. The third-order valence-corrected chi connectivity index (χ3v) is 6.78. The number of pyridine rings is 1. The van der Waals surface area contributed by atoms with Gasteiger partial charge in [-0.2, -0.15) is 5.26 Å². The average Bonchev–Trinajstić information content (AvgIpc) is 2.93. The molecule has 0 saturated heterocycles. The molecule has 0 fully saturated rings. The number of benzene rings is 3. The van der Waals surface area contributed by atoms with Crippen LogP contribution in [-0.2, 0) is 4.79 Å². The van der Waals surface area contributed by atoms with E-state index in [1.165, 1.54) is 18.9 Å². The van der Waals surface area contributed by atoms with E-state index < -0.39 is 0 Å². The second-order valence-electron chi connectivity index (χ2n) is 7.93. The van der Waals surface area contributed by atoms with Crippen molar-refractivity contribution in [2.75, 3.05) is 25.3 Å². The molecule has 0 unspecified atom stereocenters. The Morgan fingerprint density at radius 3 is 2.43 bits per heavy atom. The lowest BCUT2D eigenvalue weighted by molar-refractivity contribution is -0.115. The summed E-state index contributed by atoms with van der Waals surface area (Å²) < 4.78 is 10.6. The fourth-order valence-corrected chi connectivity index (χ4v) is 4.84. The van der Waals surface area contributed by atoms with Crippen LogP contribution < -0.4 is 14.8 Å². The number of amides is 1. The molecule has 3 aromatic carbocycles. The van der Waals surface area contributed by atoms with Crippen LogP contribution in [0.25, 0.3) is 22.4 Å². The Balaban J connectivity index is 1.60. The van der Waals surface area contributed by atoms with E-state index >= 15 is 0 Å². The first-order chi connectivity index (χ1) is 18.0. The summed E-state index contributed by atoms with van der Waals surface area (Å²) in [5, 5.41) is 14.0. The number of thioether (sulfide) groups is 1. The molecule has 0 aliphatic heterocycles. The van der Waals surface area contributed by atoms with Crippen LogP contribution in [0.4, 0.5) is 5.69 Å². The SMILES string of the molecule is COc1ccc(-c2cc(-c3ccccc3)nc(SCCC(=O)Nc3cc(Cl)ccc3OC)c2C#N)cc1. The standard InChI is InChI=1S/C29H24ClN3O3S/c1-35-22-11-8-19(9-12-22)23-17-25(20-6-4-3-5-7-20)33-29(24(23)18-31)37-15-14-28(34)32-26-16-21(30)10-13-27(26)36-2/h3-13,16-17H,14-15H2,1-2H3,(H,32,34). The number of aromatic nitrogens is 1. The average molecular weight is 530 g/mol. The first-order valence-corrected chi connectivity index (χ1v) is 12.8. The number of hydrogen-bond acceptors (Lipinski definition) is 6. The van der Waals surface area contributed by atoms with E-state index in [2.05, 4.69) is 11.4 Å². The third kappa shape index (κ3) is 6.42. The first kappa shape index (κ1) is 26.1. The number of nitrogens with zero attached hydrogens (tertiary/aromatic N) is 2. The molecule has 1 aromatic heterocycles. The quantitative estimate of drug-likeness (QED) is 0.233. The zero-order valence-corrected chi connectivity index (χ0v) is 21.9. The Morgan fingerprint density at radius 2 is 1.76 bits per heavy atom. The Labute approximate surface area is 225 Å². The number of carbonyl (C=O) groups excluding carboxylic acids is 1. The molecule has 8 heteroatoms. The molecule has 1 N–H and O–H groups in total. The molecular weight excluding hydrogens is 506 g/mol. The summed E-state index contributed by atoms with van der Waals surface area (Å²) >= 11 is 7.44. The Kier molecular flexibility index (Phi) is 8.68. The Morgan fingerprint density at radius 1 is 1.00 bits per heavy atom. The summed E-state index contributed by atoms with van der Waals surface area (Å²) in [6.45, 7) is 0. The van der Waals surface area contributed by atoms with Gasteiger partial charge in [-0.15, -0.1) is 11.8 Å². The third-order valence-electron chi connectivity index (χ3n) is 5.57. The molecule has 1 heterocycles. The molecule has 0 bridgehead atoms. The van der Waals surface area contributed by atoms with Gasteiger partial charge in [0.15, 0.2) is 0 Å². The first-order valence-electron chi connectivity index (χ1n) is 11.4.